The van der Waals surface area contributed by atoms with Crippen LogP contribution in [0.5, 0.6) is 0 Å². The molecule has 2 heterocycles. The molecule has 0 spiro atoms. The topological polar surface area (TPSA) is 51.2 Å². The van der Waals surface area contributed by atoms with Gasteiger partial charge in [0.1, 0.15) is 5.15 Å². The maximum Gasteiger partial charge on any atom is 0.252 e. The molecule has 6 heteroatoms. The lowest BCUT2D eigenvalue weighted by Crippen LogP contribution is -2.29. The van der Waals surface area contributed by atoms with Gasteiger partial charge in [0.05, 0.1) is 16.7 Å². The van der Waals surface area contributed by atoms with Crippen LogP contribution in [0.1, 0.15) is 36.0 Å². The molecular weight excluding hydrogens is 287 g/mol. The van der Waals surface area contributed by atoms with Crippen LogP contribution in [0.25, 0.3) is 0 Å². The van der Waals surface area contributed by atoms with E-state index in [0.29, 0.717) is 12.1 Å². The second kappa shape index (κ2) is 7.08. The molecule has 1 unspecified atom stereocenters. The second-order valence-electron chi connectivity index (χ2n) is 4.53. The van der Waals surface area contributed by atoms with Gasteiger partial charge in [-0.05, 0) is 31.7 Å². The van der Waals surface area contributed by atoms with Crippen molar-refractivity contribution in [1.82, 2.24) is 10.3 Å². The summed E-state index contributed by atoms with van der Waals surface area (Å²) >= 11 is 11.5. The molecule has 1 amide bonds. The van der Waals surface area contributed by atoms with E-state index in [2.05, 4.69) is 10.3 Å². The van der Waals surface area contributed by atoms with E-state index in [1.165, 1.54) is 18.7 Å². The summed E-state index contributed by atoms with van der Waals surface area (Å²) in [7, 11) is 0. The summed E-state index contributed by atoms with van der Waals surface area (Å²) in [6, 6.07) is 1.52. The zero-order chi connectivity index (χ0) is 13.7. The third-order valence-electron chi connectivity index (χ3n) is 3.08. The minimum absolute atomic E-state index is 0.193. The molecule has 1 fully saturated rings. The molecule has 0 aliphatic carbocycles. The summed E-state index contributed by atoms with van der Waals surface area (Å²) in [6.07, 6.45) is 5.93. The molecule has 1 aliphatic heterocycles. The number of amides is 1. The Kier molecular flexibility index (Phi) is 5.43. The van der Waals surface area contributed by atoms with Crippen LogP contribution in [0.4, 0.5) is 0 Å². The molecule has 1 saturated heterocycles. The first-order valence-electron chi connectivity index (χ1n) is 6.37. The van der Waals surface area contributed by atoms with E-state index < -0.39 is 0 Å². The Morgan fingerprint density at radius 3 is 3.00 bits per heavy atom. The smallest absolute Gasteiger partial charge is 0.252 e. The first-order chi connectivity index (χ1) is 9.16. The van der Waals surface area contributed by atoms with Gasteiger partial charge in [-0.2, -0.15) is 0 Å². The standard InChI is InChI=1S/C13H16Cl2N2O2/c14-11-7-9(8-17-12(11)15)13(18)16-5-4-10-3-1-2-6-19-10/h7-8,10H,1-6H2,(H,16,18). The number of hydrogen-bond donors (Lipinski definition) is 1. The average Bonchev–Trinajstić information content (AvgIpc) is 2.43. The normalized spacial score (nSPS) is 19.2. The lowest BCUT2D eigenvalue weighted by Gasteiger charge is -2.22. The molecule has 4 nitrogen and oxygen atoms in total. The largest absolute Gasteiger partial charge is 0.378 e. The number of pyridine rings is 1. The Morgan fingerprint density at radius 1 is 1.47 bits per heavy atom. The summed E-state index contributed by atoms with van der Waals surface area (Å²) in [4.78, 5) is 15.7. The van der Waals surface area contributed by atoms with E-state index in [9.17, 15) is 4.79 Å². The fourth-order valence-electron chi connectivity index (χ4n) is 2.03. The first-order valence-corrected chi connectivity index (χ1v) is 7.13. The number of carbonyl (C=O) groups excluding carboxylic acids is 1. The van der Waals surface area contributed by atoms with Gasteiger partial charge in [-0.3, -0.25) is 4.79 Å². The molecule has 0 radical (unpaired) electrons. The SMILES string of the molecule is O=C(NCCC1CCCCO1)c1cnc(Cl)c(Cl)c1. The molecule has 1 aromatic heterocycles. The third-order valence-corrected chi connectivity index (χ3v) is 3.77. The van der Waals surface area contributed by atoms with Crippen LogP contribution >= 0.6 is 23.2 Å². The van der Waals surface area contributed by atoms with E-state index in [0.717, 1.165) is 25.9 Å². The van der Waals surface area contributed by atoms with Crippen LogP contribution in [0.3, 0.4) is 0 Å². The molecule has 104 valence electrons. The zero-order valence-corrected chi connectivity index (χ0v) is 12.0. The van der Waals surface area contributed by atoms with E-state index in [1.54, 1.807) is 0 Å². The molecule has 19 heavy (non-hydrogen) atoms. The Labute approximate surface area is 122 Å². The summed E-state index contributed by atoms with van der Waals surface area (Å²) in [5.74, 6) is -0.193. The molecule has 1 N–H and O–H groups in total. The van der Waals surface area contributed by atoms with Crippen LogP contribution in [0.2, 0.25) is 10.2 Å². The Hall–Kier alpha value is -0.840. The summed E-state index contributed by atoms with van der Waals surface area (Å²) in [5.41, 5.74) is 0.416. The first kappa shape index (κ1) is 14.6. The van der Waals surface area contributed by atoms with Crippen molar-refractivity contribution in [3.63, 3.8) is 0 Å². The van der Waals surface area contributed by atoms with Gasteiger partial charge in [-0.25, -0.2) is 4.98 Å². The van der Waals surface area contributed by atoms with Crippen molar-refractivity contribution < 1.29 is 9.53 Å². The van der Waals surface area contributed by atoms with Gasteiger partial charge in [-0.1, -0.05) is 23.2 Å². The Bertz CT molecular complexity index is 448. The molecule has 0 aromatic carbocycles. The minimum atomic E-state index is -0.193. The number of ether oxygens (including phenoxy) is 1. The maximum atomic E-state index is 11.9. The molecule has 0 bridgehead atoms. The summed E-state index contributed by atoms with van der Waals surface area (Å²) < 4.78 is 5.60. The predicted octanol–water partition coefficient (Wildman–Crippen LogP) is 3.08. The van der Waals surface area contributed by atoms with Crippen molar-refractivity contribution >= 4 is 29.1 Å². The van der Waals surface area contributed by atoms with Crippen LogP contribution < -0.4 is 5.32 Å². The predicted molar refractivity (Wildman–Crippen MR) is 74.8 cm³/mol. The quantitative estimate of drug-likeness (QED) is 0.870. The van der Waals surface area contributed by atoms with Gasteiger partial charge in [0, 0.05) is 19.3 Å². The van der Waals surface area contributed by atoms with Gasteiger partial charge in [0.25, 0.3) is 5.91 Å². The highest BCUT2D eigenvalue weighted by atomic mass is 35.5. The number of halogens is 2. The highest BCUT2D eigenvalue weighted by molar-refractivity contribution is 6.41. The summed E-state index contributed by atoms with van der Waals surface area (Å²) in [5, 5.41) is 3.32. The van der Waals surface area contributed by atoms with Crippen LogP contribution in [0, 0.1) is 0 Å². The molecule has 0 saturated carbocycles. The lowest BCUT2D eigenvalue weighted by molar-refractivity contribution is 0.0117. The number of aromatic nitrogens is 1. The molecule has 2 rings (SSSR count). The van der Waals surface area contributed by atoms with Crippen molar-refractivity contribution in [2.24, 2.45) is 0 Å². The molecule has 1 atom stereocenters. The monoisotopic (exact) mass is 302 g/mol. The highest BCUT2D eigenvalue weighted by Crippen LogP contribution is 2.19. The van der Waals surface area contributed by atoms with E-state index in [-0.39, 0.29) is 22.2 Å². The van der Waals surface area contributed by atoms with Gasteiger partial charge in [0.15, 0.2) is 0 Å². The second-order valence-corrected chi connectivity index (χ2v) is 5.29. The van der Waals surface area contributed by atoms with Crippen molar-refractivity contribution in [2.45, 2.75) is 31.8 Å². The van der Waals surface area contributed by atoms with Crippen molar-refractivity contribution in [3.05, 3.63) is 28.0 Å². The number of hydrogen-bond acceptors (Lipinski definition) is 3. The van der Waals surface area contributed by atoms with Gasteiger partial charge >= 0.3 is 0 Å². The van der Waals surface area contributed by atoms with Crippen LogP contribution in [-0.4, -0.2) is 30.1 Å². The van der Waals surface area contributed by atoms with Crippen molar-refractivity contribution in [2.75, 3.05) is 13.2 Å². The highest BCUT2D eigenvalue weighted by Gasteiger charge is 2.14. The van der Waals surface area contributed by atoms with E-state index in [4.69, 9.17) is 27.9 Å². The zero-order valence-electron chi connectivity index (χ0n) is 10.5. The minimum Gasteiger partial charge on any atom is -0.378 e. The number of nitrogens with one attached hydrogen (secondary N) is 1. The number of rotatable bonds is 4. The lowest BCUT2D eigenvalue weighted by atomic mass is 10.1. The fraction of sp³-hybridized carbons (Fsp3) is 0.538. The third kappa shape index (κ3) is 4.34. The number of carbonyl (C=O) groups is 1. The van der Waals surface area contributed by atoms with Crippen molar-refractivity contribution in [1.29, 1.82) is 0 Å². The Balaban J connectivity index is 1.78. The van der Waals surface area contributed by atoms with Gasteiger partial charge in [0.2, 0.25) is 0 Å². The van der Waals surface area contributed by atoms with Crippen LogP contribution in [-0.2, 0) is 4.74 Å². The molecule has 1 aliphatic rings. The van der Waals surface area contributed by atoms with Crippen molar-refractivity contribution in [3.8, 4) is 0 Å². The molecular formula is C13H16Cl2N2O2. The van der Waals surface area contributed by atoms with Gasteiger partial charge in [-0.15, -0.1) is 0 Å². The molecule has 1 aromatic rings. The Morgan fingerprint density at radius 2 is 2.32 bits per heavy atom. The van der Waals surface area contributed by atoms with Gasteiger partial charge < -0.3 is 10.1 Å². The maximum absolute atomic E-state index is 11.9. The average molecular weight is 303 g/mol. The number of nitrogens with zero attached hydrogens (tertiary/aromatic N) is 1. The summed E-state index contributed by atoms with van der Waals surface area (Å²) in [6.45, 7) is 1.42. The van der Waals surface area contributed by atoms with E-state index in [1.807, 2.05) is 0 Å². The van der Waals surface area contributed by atoms with Crippen LogP contribution in [0.15, 0.2) is 12.3 Å². The van der Waals surface area contributed by atoms with E-state index >= 15 is 0 Å². The fourth-order valence-corrected chi connectivity index (χ4v) is 2.30.